The third-order valence-corrected chi connectivity index (χ3v) is 7.01. The van der Waals surface area contributed by atoms with Gasteiger partial charge in [-0.3, -0.25) is 9.78 Å². The van der Waals surface area contributed by atoms with Crippen LogP contribution in [0.2, 0.25) is 0 Å². The lowest BCUT2D eigenvalue weighted by atomic mass is 9.84. The molecule has 0 aliphatic rings. The molecule has 36 heavy (non-hydrogen) atoms. The molecular weight excluding hydrogens is 497 g/mol. The number of hydrogen-bond donors (Lipinski definition) is 0. The number of thioether (sulfide) groups is 1. The highest BCUT2D eigenvalue weighted by Gasteiger charge is 2.37. The molecule has 0 unspecified atom stereocenters. The molecule has 9 heteroatoms. The first kappa shape index (κ1) is 25.4. The van der Waals surface area contributed by atoms with Gasteiger partial charge < -0.3 is 4.74 Å². The molecule has 0 fully saturated rings. The van der Waals surface area contributed by atoms with Gasteiger partial charge in [0, 0.05) is 18.1 Å². The number of pyridine rings is 1. The van der Waals surface area contributed by atoms with Crippen LogP contribution in [0.4, 0.5) is 22.0 Å². The van der Waals surface area contributed by atoms with Gasteiger partial charge in [-0.25, -0.2) is 13.2 Å². The summed E-state index contributed by atoms with van der Waals surface area (Å²) in [6, 6.07) is 22.7. The smallest absolute Gasteiger partial charge is 0.312 e. The van der Waals surface area contributed by atoms with Crippen molar-refractivity contribution in [2.24, 2.45) is 0 Å². The quantitative estimate of drug-likeness (QED) is 0.0851. The van der Waals surface area contributed by atoms with Crippen LogP contribution in [0.25, 0.3) is 0 Å². The van der Waals surface area contributed by atoms with Crippen LogP contribution in [0, 0.1) is 29.1 Å². The van der Waals surface area contributed by atoms with E-state index < -0.39 is 45.6 Å². The van der Waals surface area contributed by atoms with E-state index in [0.717, 1.165) is 16.7 Å². The Kier molecular flexibility index (Phi) is 7.69. The molecular formula is C27H18F5NO2S. The van der Waals surface area contributed by atoms with E-state index in [4.69, 9.17) is 0 Å². The monoisotopic (exact) mass is 515 g/mol. The average Bonchev–Trinajstić information content (AvgIpc) is 2.93. The lowest BCUT2D eigenvalue weighted by molar-refractivity contribution is -0.134. The van der Waals surface area contributed by atoms with Gasteiger partial charge >= 0.3 is 5.97 Å². The van der Waals surface area contributed by atoms with Gasteiger partial charge in [-0.2, -0.15) is 8.78 Å². The second kappa shape index (κ2) is 10.9. The molecule has 3 aromatic carbocycles. The second-order valence-electron chi connectivity index (χ2n) is 7.62. The lowest BCUT2D eigenvalue weighted by Gasteiger charge is -2.35. The molecule has 184 valence electrons. The third kappa shape index (κ3) is 4.83. The van der Waals surface area contributed by atoms with Crippen molar-refractivity contribution in [3.05, 3.63) is 131 Å². The van der Waals surface area contributed by atoms with Crippen molar-refractivity contribution >= 4 is 17.7 Å². The maximum Gasteiger partial charge on any atom is 0.312 e. The van der Waals surface area contributed by atoms with Crippen LogP contribution >= 0.6 is 11.8 Å². The topological polar surface area (TPSA) is 39.2 Å². The predicted octanol–water partition coefficient (Wildman–Crippen LogP) is 6.80. The Bertz CT molecular complexity index is 1230. The lowest BCUT2D eigenvalue weighted by Crippen LogP contribution is -2.27. The average molecular weight is 516 g/mol. The van der Waals surface area contributed by atoms with E-state index in [-0.39, 0.29) is 12.2 Å². The van der Waals surface area contributed by atoms with Crippen molar-refractivity contribution in [2.75, 3.05) is 5.75 Å². The summed E-state index contributed by atoms with van der Waals surface area (Å²) in [5, 5.41) is 0. The van der Waals surface area contributed by atoms with Crippen molar-refractivity contribution in [1.29, 1.82) is 0 Å². The molecule has 0 amide bonds. The van der Waals surface area contributed by atoms with Gasteiger partial charge in [0.25, 0.3) is 0 Å². The maximum absolute atomic E-state index is 13.9. The highest BCUT2D eigenvalue weighted by atomic mass is 32.2. The molecule has 0 saturated heterocycles. The number of aromatic nitrogens is 1. The molecule has 4 aromatic rings. The summed E-state index contributed by atoms with van der Waals surface area (Å²) in [7, 11) is 0. The first-order valence-electron chi connectivity index (χ1n) is 10.7. The van der Waals surface area contributed by atoms with Gasteiger partial charge in [0.05, 0.1) is 11.2 Å². The zero-order chi connectivity index (χ0) is 25.7. The fraction of sp³-hybridized carbons (Fsp3) is 0.111. The number of esters is 1. The molecule has 1 aromatic heterocycles. The first-order chi connectivity index (χ1) is 17.4. The van der Waals surface area contributed by atoms with Crippen molar-refractivity contribution in [2.45, 2.75) is 11.2 Å². The van der Waals surface area contributed by atoms with Crippen LogP contribution in [0.3, 0.4) is 0 Å². The third-order valence-electron chi connectivity index (χ3n) is 5.46. The zero-order valence-electron chi connectivity index (χ0n) is 18.6. The van der Waals surface area contributed by atoms with Crippen LogP contribution < -0.4 is 4.74 Å². The summed E-state index contributed by atoms with van der Waals surface area (Å²) >= 11 is 1.36. The number of halogens is 5. The Morgan fingerprint density at radius 2 is 1.14 bits per heavy atom. The highest BCUT2D eigenvalue weighted by Crippen LogP contribution is 2.48. The van der Waals surface area contributed by atoms with Crippen molar-refractivity contribution in [1.82, 2.24) is 4.98 Å². The molecule has 0 radical (unpaired) electrons. The van der Waals surface area contributed by atoms with Gasteiger partial charge in [0.1, 0.15) is 0 Å². The normalized spacial score (nSPS) is 11.4. The number of ether oxygens (including phenoxy) is 1. The van der Waals surface area contributed by atoms with Crippen molar-refractivity contribution < 1.29 is 31.5 Å². The summed E-state index contributed by atoms with van der Waals surface area (Å²) in [4.78, 5) is 16.5. The molecule has 1 heterocycles. The zero-order valence-corrected chi connectivity index (χ0v) is 19.4. The van der Waals surface area contributed by atoms with Crippen molar-refractivity contribution in [3.63, 3.8) is 0 Å². The minimum atomic E-state index is -2.33. The first-order valence-corrected chi connectivity index (χ1v) is 11.7. The van der Waals surface area contributed by atoms with E-state index in [1.165, 1.54) is 11.8 Å². The van der Waals surface area contributed by atoms with Crippen LogP contribution in [-0.4, -0.2) is 16.7 Å². The number of hydrogen-bond acceptors (Lipinski definition) is 4. The van der Waals surface area contributed by atoms with Crippen molar-refractivity contribution in [3.8, 4) is 5.75 Å². The maximum atomic E-state index is 13.9. The number of carbonyl (C=O) groups excluding carboxylic acids is 1. The minimum absolute atomic E-state index is 0.0976. The summed E-state index contributed by atoms with van der Waals surface area (Å²) in [5.74, 6) is -13.8. The number of benzene rings is 3. The standard InChI is InChI=1S/C27H18F5NO2S/c28-21-22(29)24(31)26(25(32)23(21)30)35-20(34)13-16-36-27(17-7-3-1-4-8-17,18-9-5-2-6-10-18)19-11-14-33-15-12-19/h1-12,14-15H,13,16H2. The number of carbonyl (C=O) groups is 1. The molecule has 0 atom stereocenters. The predicted molar refractivity (Wildman–Crippen MR) is 126 cm³/mol. The summed E-state index contributed by atoms with van der Waals surface area (Å²) < 4.78 is 71.8. The molecule has 0 aliphatic carbocycles. The van der Waals surface area contributed by atoms with E-state index in [1.54, 1.807) is 12.4 Å². The minimum Gasteiger partial charge on any atom is -0.420 e. The van der Waals surface area contributed by atoms with Crippen LogP contribution in [-0.2, 0) is 9.54 Å². The Balaban J connectivity index is 1.64. The number of rotatable bonds is 8. The van der Waals surface area contributed by atoms with E-state index in [1.807, 2.05) is 72.8 Å². The van der Waals surface area contributed by atoms with Crippen LogP contribution in [0.1, 0.15) is 23.1 Å². The van der Waals surface area contributed by atoms with Gasteiger partial charge in [-0.1, -0.05) is 60.7 Å². The fourth-order valence-corrected chi connectivity index (χ4v) is 5.29. The number of nitrogens with zero attached hydrogens (tertiary/aromatic N) is 1. The molecule has 0 spiro atoms. The fourth-order valence-electron chi connectivity index (χ4n) is 3.81. The molecule has 3 nitrogen and oxygen atoms in total. The Morgan fingerprint density at radius 1 is 0.694 bits per heavy atom. The van der Waals surface area contributed by atoms with E-state index in [2.05, 4.69) is 9.72 Å². The summed E-state index contributed by atoms with van der Waals surface area (Å²) in [5.41, 5.74) is 2.68. The summed E-state index contributed by atoms with van der Waals surface area (Å²) in [6.07, 6.45) is 2.93. The van der Waals surface area contributed by atoms with Gasteiger partial charge in [0.15, 0.2) is 0 Å². The van der Waals surface area contributed by atoms with E-state index >= 15 is 0 Å². The van der Waals surface area contributed by atoms with E-state index in [0.29, 0.717) is 0 Å². The molecule has 4 rings (SSSR count). The Morgan fingerprint density at radius 3 is 1.64 bits per heavy atom. The Hall–Kier alpha value is -3.72. The highest BCUT2D eigenvalue weighted by molar-refractivity contribution is 8.00. The molecule has 0 saturated carbocycles. The molecule has 0 N–H and O–H groups in total. The Labute approximate surface area is 208 Å². The second-order valence-corrected chi connectivity index (χ2v) is 8.93. The SMILES string of the molecule is O=C(CCSC(c1ccccc1)(c1ccccc1)c1ccncc1)Oc1c(F)c(F)c(F)c(F)c1F. The van der Waals surface area contributed by atoms with Gasteiger partial charge in [-0.15, -0.1) is 11.8 Å². The van der Waals surface area contributed by atoms with Gasteiger partial charge in [0.2, 0.25) is 34.8 Å². The summed E-state index contributed by atoms with van der Waals surface area (Å²) in [6.45, 7) is 0. The molecule has 0 aliphatic heterocycles. The van der Waals surface area contributed by atoms with E-state index in [9.17, 15) is 26.7 Å². The molecule has 0 bridgehead atoms. The largest absolute Gasteiger partial charge is 0.420 e. The van der Waals surface area contributed by atoms with Crippen LogP contribution in [0.5, 0.6) is 5.75 Å². The van der Waals surface area contributed by atoms with Gasteiger partial charge in [-0.05, 0) is 28.8 Å². The van der Waals surface area contributed by atoms with Crippen LogP contribution in [0.15, 0.2) is 85.2 Å².